The largest absolute Gasteiger partial charge is 0.393 e. The summed E-state index contributed by atoms with van der Waals surface area (Å²) in [7, 11) is 0. The number of urea groups is 1. The second-order valence-electron chi connectivity index (χ2n) is 6.74. The minimum absolute atomic E-state index is 0.296. The van der Waals surface area contributed by atoms with Crippen LogP contribution in [-0.4, -0.2) is 22.2 Å². The van der Waals surface area contributed by atoms with Gasteiger partial charge in [-0.2, -0.15) is 0 Å². The highest BCUT2D eigenvalue weighted by molar-refractivity contribution is 6.00. The van der Waals surface area contributed by atoms with Crippen LogP contribution in [0.5, 0.6) is 0 Å². The van der Waals surface area contributed by atoms with E-state index in [0.29, 0.717) is 12.1 Å². The number of nitrogens with zero attached hydrogens (tertiary/aromatic N) is 1. The summed E-state index contributed by atoms with van der Waals surface area (Å²) in [5.41, 5.74) is 5.74. The molecule has 1 unspecified atom stereocenters. The molecule has 2 amide bonds. The fourth-order valence-electron chi connectivity index (χ4n) is 3.49. The summed E-state index contributed by atoms with van der Waals surface area (Å²) in [6.07, 6.45) is 5.32. The molecule has 0 bridgehead atoms. The van der Waals surface area contributed by atoms with E-state index in [1.54, 1.807) is 12.4 Å². The Morgan fingerprint density at radius 2 is 1.81 bits per heavy atom. The summed E-state index contributed by atoms with van der Waals surface area (Å²) < 4.78 is 0. The second kappa shape index (κ2) is 7.60. The number of hydrogen-bond donors (Lipinski definition) is 3. The molecule has 3 N–H and O–H groups in total. The molecule has 4 rings (SSSR count). The molecule has 0 saturated heterocycles. The van der Waals surface area contributed by atoms with Crippen LogP contribution in [0.25, 0.3) is 11.1 Å². The zero-order valence-electron chi connectivity index (χ0n) is 14.9. The predicted octanol–water partition coefficient (Wildman–Crippen LogP) is 4.24. The lowest BCUT2D eigenvalue weighted by molar-refractivity contribution is 0.159. The highest BCUT2D eigenvalue weighted by Crippen LogP contribution is 2.28. The summed E-state index contributed by atoms with van der Waals surface area (Å²) in [6, 6.07) is 17.1. The summed E-state index contributed by atoms with van der Waals surface area (Å²) in [5.74, 6) is 0. The summed E-state index contributed by atoms with van der Waals surface area (Å²) >= 11 is 0. The Hall–Kier alpha value is -3.18. The highest BCUT2D eigenvalue weighted by atomic mass is 16.3. The SMILES string of the molecule is O=C(Nc1cccc(-c2ccncc2)c1)Nc1cccc2c1CC(O)CC2. The molecule has 2 aromatic carbocycles. The quantitative estimate of drug-likeness (QED) is 0.655. The van der Waals surface area contributed by atoms with Crippen molar-refractivity contribution in [1.29, 1.82) is 0 Å². The van der Waals surface area contributed by atoms with Gasteiger partial charge in [0.05, 0.1) is 6.10 Å². The molecule has 1 aliphatic carbocycles. The predicted molar refractivity (Wildman–Crippen MR) is 107 cm³/mol. The number of aliphatic hydroxyl groups is 1. The summed E-state index contributed by atoms with van der Waals surface area (Å²) in [6.45, 7) is 0. The molecule has 0 spiro atoms. The summed E-state index contributed by atoms with van der Waals surface area (Å²) in [4.78, 5) is 16.5. The van der Waals surface area contributed by atoms with E-state index >= 15 is 0 Å². The second-order valence-corrected chi connectivity index (χ2v) is 6.74. The van der Waals surface area contributed by atoms with Gasteiger partial charge in [0.25, 0.3) is 0 Å². The lowest BCUT2D eigenvalue weighted by atomic mass is 9.88. The van der Waals surface area contributed by atoms with Crippen molar-refractivity contribution in [2.45, 2.75) is 25.4 Å². The maximum Gasteiger partial charge on any atom is 0.323 e. The van der Waals surface area contributed by atoms with E-state index in [-0.39, 0.29) is 12.1 Å². The third kappa shape index (κ3) is 3.99. The number of nitrogens with one attached hydrogen (secondary N) is 2. The highest BCUT2D eigenvalue weighted by Gasteiger charge is 2.19. The van der Waals surface area contributed by atoms with E-state index < -0.39 is 0 Å². The normalized spacial score (nSPS) is 15.7. The molecule has 1 aliphatic rings. The van der Waals surface area contributed by atoms with Crippen LogP contribution in [0.2, 0.25) is 0 Å². The van der Waals surface area contributed by atoms with Gasteiger partial charge >= 0.3 is 6.03 Å². The zero-order valence-corrected chi connectivity index (χ0v) is 14.9. The van der Waals surface area contributed by atoms with E-state index in [4.69, 9.17) is 0 Å². The fraction of sp³-hybridized carbons (Fsp3) is 0.182. The van der Waals surface area contributed by atoms with Crippen molar-refractivity contribution >= 4 is 17.4 Å². The standard InChI is InChI=1S/C22H21N3O2/c26-19-8-7-16-3-2-6-21(20(16)14-19)25-22(27)24-18-5-1-4-17(13-18)15-9-11-23-12-10-15/h1-6,9-13,19,26H,7-8,14H2,(H2,24,25,27). The zero-order chi connectivity index (χ0) is 18.6. The number of aliphatic hydroxyl groups excluding tert-OH is 1. The number of benzene rings is 2. The number of carbonyl (C=O) groups is 1. The van der Waals surface area contributed by atoms with Crippen LogP contribution in [0, 0.1) is 0 Å². The minimum atomic E-state index is -0.347. The Bertz CT molecular complexity index is 957. The van der Waals surface area contributed by atoms with Crippen LogP contribution in [0.4, 0.5) is 16.2 Å². The lowest BCUT2D eigenvalue weighted by Gasteiger charge is -2.23. The first kappa shape index (κ1) is 17.2. The molecule has 1 atom stereocenters. The smallest absolute Gasteiger partial charge is 0.323 e. The molecule has 5 heteroatoms. The first-order chi connectivity index (χ1) is 13.2. The van der Waals surface area contributed by atoms with Crippen LogP contribution in [0.3, 0.4) is 0 Å². The first-order valence-electron chi connectivity index (χ1n) is 9.06. The van der Waals surface area contributed by atoms with E-state index in [2.05, 4.69) is 21.7 Å². The van der Waals surface area contributed by atoms with Crippen molar-refractivity contribution in [2.75, 3.05) is 10.6 Å². The van der Waals surface area contributed by atoms with Gasteiger partial charge in [0.2, 0.25) is 0 Å². The molecular formula is C22H21N3O2. The van der Waals surface area contributed by atoms with Crippen LogP contribution in [-0.2, 0) is 12.8 Å². The van der Waals surface area contributed by atoms with Crippen molar-refractivity contribution in [2.24, 2.45) is 0 Å². The number of rotatable bonds is 3. The topological polar surface area (TPSA) is 74.2 Å². The van der Waals surface area contributed by atoms with Crippen molar-refractivity contribution in [3.63, 3.8) is 0 Å². The fourth-order valence-corrected chi connectivity index (χ4v) is 3.49. The molecule has 0 fully saturated rings. The Labute approximate surface area is 158 Å². The average Bonchev–Trinajstić information content (AvgIpc) is 2.69. The molecule has 1 heterocycles. The van der Waals surface area contributed by atoms with Crippen LogP contribution in [0.1, 0.15) is 17.5 Å². The number of hydrogen-bond acceptors (Lipinski definition) is 3. The van der Waals surface area contributed by atoms with E-state index in [1.165, 1.54) is 5.56 Å². The van der Waals surface area contributed by atoms with Crippen LogP contribution < -0.4 is 10.6 Å². The number of amides is 2. The van der Waals surface area contributed by atoms with Gasteiger partial charge in [-0.15, -0.1) is 0 Å². The van der Waals surface area contributed by atoms with E-state index in [9.17, 15) is 9.90 Å². The lowest BCUT2D eigenvalue weighted by Crippen LogP contribution is -2.24. The Morgan fingerprint density at radius 3 is 2.67 bits per heavy atom. The van der Waals surface area contributed by atoms with E-state index in [0.717, 1.165) is 35.2 Å². The van der Waals surface area contributed by atoms with Crippen molar-refractivity contribution in [1.82, 2.24) is 4.98 Å². The number of anilines is 2. The van der Waals surface area contributed by atoms with Crippen molar-refractivity contribution in [3.8, 4) is 11.1 Å². The average molecular weight is 359 g/mol. The molecule has 1 aromatic heterocycles. The Morgan fingerprint density at radius 1 is 1.00 bits per heavy atom. The summed E-state index contributed by atoms with van der Waals surface area (Å²) in [5, 5.41) is 15.8. The minimum Gasteiger partial charge on any atom is -0.393 e. The molecule has 136 valence electrons. The van der Waals surface area contributed by atoms with Gasteiger partial charge in [-0.05, 0) is 65.4 Å². The molecule has 0 aliphatic heterocycles. The van der Waals surface area contributed by atoms with Gasteiger partial charge in [0.15, 0.2) is 0 Å². The Balaban J connectivity index is 1.50. The third-order valence-corrected chi connectivity index (χ3v) is 4.84. The number of pyridine rings is 1. The maximum absolute atomic E-state index is 12.5. The molecule has 5 nitrogen and oxygen atoms in total. The van der Waals surface area contributed by atoms with Gasteiger partial charge in [0.1, 0.15) is 0 Å². The number of aryl methyl sites for hydroxylation is 1. The first-order valence-corrected chi connectivity index (χ1v) is 9.06. The van der Waals surface area contributed by atoms with Gasteiger partial charge in [-0.1, -0.05) is 24.3 Å². The molecule has 0 radical (unpaired) electrons. The Kier molecular flexibility index (Phi) is 4.85. The number of fused-ring (bicyclic) bond motifs is 1. The van der Waals surface area contributed by atoms with Gasteiger partial charge in [-0.25, -0.2) is 4.79 Å². The monoisotopic (exact) mass is 359 g/mol. The van der Waals surface area contributed by atoms with Gasteiger partial charge in [-0.3, -0.25) is 4.98 Å². The van der Waals surface area contributed by atoms with Crippen molar-refractivity contribution in [3.05, 3.63) is 78.1 Å². The van der Waals surface area contributed by atoms with Crippen LogP contribution >= 0.6 is 0 Å². The number of carbonyl (C=O) groups excluding carboxylic acids is 1. The van der Waals surface area contributed by atoms with Gasteiger partial charge in [0, 0.05) is 30.2 Å². The molecule has 3 aromatic rings. The third-order valence-electron chi connectivity index (χ3n) is 4.84. The molecule has 27 heavy (non-hydrogen) atoms. The molecule has 0 saturated carbocycles. The van der Waals surface area contributed by atoms with E-state index in [1.807, 2.05) is 48.5 Å². The molecular weight excluding hydrogens is 338 g/mol. The number of aromatic nitrogens is 1. The van der Waals surface area contributed by atoms with Gasteiger partial charge < -0.3 is 15.7 Å². The van der Waals surface area contributed by atoms with Crippen LogP contribution in [0.15, 0.2) is 67.0 Å². The maximum atomic E-state index is 12.5. The van der Waals surface area contributed by atoms with Crippen molar-refractivity contribution < 1.29 is 9.90 Å².